The summed E-state index contributed by atoms with van der Waals surface area (Å²) in [5, 5.41) is 2.82. The predicted molar refractivity (Wildman–Crippen MR) is 123 cm³/mol. The maximum absolute atomic E-state index is 12.0. The Hall–Kier alpha value is -2.58. The molecule has 1 fully saturated rings. The van der Waals surface area contributed by atoms with Gasteiger partial charge in [-0.05, 0) is 38.5 Å². The number of aromatic nitrogens is 1. The minimum absolute atomic E-state index is 0.0953. The molecule has 2 N–H and O–H groups in total. The average Bonchev–Trinajstić information content (AvgIpc) is 2.98. The number of H-pyrrole nitrogens is 1. The molecule has 1 aliphatic rings. The number of nitrogens with zero attached hydrogens (tertiary/aromatic N) is 2. The van der Waals surface area contributed by atoms with Gasteiger partial charge >= 0.3 is 6.09 Å². The van der Waals surface area contributed by atoms with E-state index < -0.39 is 5.60 Å². The molecule has 0 radical (unpaired) electrons. The highest BCUT2D eigenvalue weighted by molar-refractivity contribution is 7.07. The van der Waals surface area contributed by atoms with E-state index in [9.17, 15) is 9.59 Å². The van der Waals surface area contributed by atoms with Crippen molar-refractivity contribution in [2.45, 2.75) is 26.4 Å². The van der Waals surface area contributed by atoms with Crippen molar-refractivity contribution in [3.8, 4) is 0 Å². The lowest BCUT2D eigenvalue weighted by Gasteiger charge is -2.36. The summed E-state index contributed by atoms with van der Waals surface area (Å²) in [4.78, 5) is 31.2. The van der Waals surface area contributed by atoms with Crippen molar-refractivity contribution >= 4 is 35.8 Å². The Morgan fingerprint density at radius 2 is 1.97 bits per heavy atom. The lowest BCUT2D eigenvalue weighted by molar-refractivity contribution is 0.0521. The number of nitrogens with one attached hydrogen (secondary N) is 2. The van der Waals surface area contributed by atoms with E-state index in [4.69, 9.17) is 4.74 Å². The zero-order chi connectivity index (χ0) is 21.7. The number of hydrogen-bond donors (Lipinski definition) is 2. The van der Waals surface area contributed by atoms with Crippen molar-refractivity contribution < 1.29 is 9.53 Å². The number of carbonyl (C=O) groups excluding carboxylic acids is 1. The van der Waals surface area contributed by atoms with Crippen LogP contribution in [0.2, 0.25) is 0 Å². The zero-order valence-electron chi connectivity index (χ0n) is 17.9. The fourth-order valence-electron chi connectivity index (χ4n) is 3.37. The van der Waals surface area contributed by atoms with Crippen LogP contribution < -0.4 is 25.0 Å². The highest BCUT2D eigenvalue weighted by Crippen LogP contribution is 2.22. The summed E-state index contributed by atoms with van der Waals surface area (Å²) < 4.78 is 6.60. The largest absolute Gasteiger partial charge is 0.444 e. The van der Waals surface area contributed by atoms with Gasteiger partial charge in [-0.25, -0.2) is 4.79 Å². The lowest BCUT2D eigenvalue weighted by atomic mass is 10.1. The smallest absolute Gasteiger partial charge is 0.407 e. The molecule has 7 nitrogen and oxygen atoms in total. The van der Waals surface area contributed by atoms with Crippen LogP contribution >= 0.6 is 11.3 Å². The van der Waals surface area contributed by atoms with Crippen LogP contribution in [0.5, 0.6) is 0 Å². The number of amides is 1. The molecule has 1 aliphatic heterocycles. The SMILES string of the molecule is C=c1[nH]c(=O)c(=Cc2ccccc2N2CCN(CCNC(=O)OC(C)(C)C)CC2)s1. The van der Waals surface area contributed by atoms with Crippen molar-refractivity contribution in [1.29, 1.82) is 0 Å². The molecule has 8 heteroatoms. The Morgan fingerprint density at radius 1 is 1.27 bits per heavy atom. The van der Waals surface area contributed by atoms with Gasteiger partial charge < -0.3 is 19.9 Å². The van der Waals surface area contributed by atoms with Gasteiger partial charge in [-0.1, -0.05) is 24.8 Å². The summed E-state index contributed by atoms with van der Waals surface area (Å²) in [5.74, 6) is 0. The van der Waals surface area contributed by atoms with Gasteiger partial charge in [0, 0.05) is 45.0 Å². The van der Waals surface area contributed by atoms with Crippen molar-refractivity contribution in [2.24, 2.45) is 0 Å². The number of aromatic amines is 1. The molecule has 0 spiro atoms. The maximum Gasteiger partial charge on any atom is 0.407 e. The first kappa shape index (κ1) is 22.1. The van der Waals surface area contributed by atoms with E-state index in [2.05, 4.69) is 32.7 Å². The fraction of sp³-hybridized carbons (Fsp3) is 0.455. The van der Waals surface area contributed by atoms with Crippen LogP contribution in [0.25, 0.3) is 12.7 Å². The molecular weight excluding hydrogens is 400 g/mol. The van der Waals surface area contributed by atoms with Gasteiger partial charge in [-0.15, -0.1) is 11.3 Å². The van der Waals surface area contributed by atoms with Crippen LogP contribution in [0.4, 0.5) is 10.5 Å². The number of thiazole rings is 1. The third kappa shape index (κ3) is 6.21. The maximum atomic E-state index is 12.0. The zero-order valence-corrected chi connectivity index (χ0v) is 18.7. The second-order valence-electron chi connectivity index (χ2n) is 8.30. The van der Waals surface area contributed by atoms with Gasteiger partial charge in [0.2, 0.25) is 0 Å². The van der Waals surface area contributed by atoms with E-state index in [0.29, 0.717) is 15.7 Å². The lowest BCUT2D eigenvalue weighted by Crippen LogP contribution is -2.49. The first-order valence-corrected chi connectivity index (χ1v) is 11.0. The van der Waals surface area contributed by atoms with Gasteiger partial charge in [0.15, 0.2) is 0 Å². The highest BCUT2D eigenvalue weighted by Gasteiger charge is 2.19. The molecule has 162 valence electrons. The Labute approximate surface area is 180 Å². The molecule has 0 unspecified atom stereocenters. The van der Waals surface area contributed by atoms with E-state index in [0.717, 1.165) is 44.0 Å². The molecule has 2 heterocycles. The monoisotopic (exact) mass is 430 g/mol. The van der Waals surface area contributed by atoms with E-state index >= 15 is 0 Å². The fourth-order valence-corrected chi connectivity index (χ4v) is 4.11. The quantitative estimate of drug-likeness (QED) is 0.748. The third-order valence-corrected chi connectivity index (χ3v) is 5.61. The molecule has 0 saturated carbocycles. The number of piperazine rings is 1. The van der Waals surface area contributed by atoms with E-state index in [-0.39, 0.29) is 11.7 Å². The number of alkyl carbamates (subject to hydrolysis) is 1. The Bertz CT molecular complexity index is 1030. The second-order valence-corrected chi connectivity index (χ2v) is 9.44. The number of rotatable bonds is 5. The Morgan fingerprint density at radius 3 is 2.60 bits per heavy atom. The van der Waals surface area contributed by atoms with Crippen LogP contribution in [-0.4, -0.2) is 60.8 Å². The van der Waals surface area contributed by atoms with E-state index in [1.54, 1.807) is 0 Å². The highest BCUT2D eigenvalue weighted by atomic mass is 32.1. The number of para-hydroxylation sites is 1. The van der Waals surface area contributed by atoms with Crippen molar-refractivity contribution in [2.75, 3.05) is 44.2 Å². The molecule has 0 atom stereocenters. The van der Waals surface area contributed by atoms with E-state index in [1.165, 1.54) is 11.3 Å². The van der Waals surface area contributed by atoms with Gasteiger partial charge in [0.25, 0.3) is 5.56 Å². The molecule has 0 aliphatic carbocycles. The number of ether oxygens (including phenoxy) is 1. The standard InChI is InChI=1S/C22H30N4O3S/c1-16-24-20(27)19(30-16)15-17-7-5-6-8-18(17)26-13-11-25(12-14-26)10-9-23-21(28)29-22(2,3)4/h5-8,15H,1,9-14H2,2-4H3,(H,23,28)(H,24,27). The number of benzene rings is 1. The molecule has 1 aromatic heterocycles. The van der Waals surface area contributed by atoms with Gasteiger partial charge in [-0.2, -0.15) is 0 Å². The van der Waals surface area contributed by atoms with Crippen molar-refractivity contribution in [1.82, 2.24) is 15.2 Å². The molecule has 0 bridgehead atoms. The normalized spacial score (nSPS) is 16.0. The van der Waals surface area contributed by atoms with Crippen LogP contribution in [0, 0.1) is 0 Å². The first-order valence-electron chi connectivity index (χ1n) is 10.1. The molecule has 3 rings (SSSR count). The van der Waals surface area contributed by atoms with Crippen molar-refractivity contribution in [3.05, 3.63) is 49.4 Å². The summed E-state index contributed by atoms with van der Waals surface area (Å²) in [6, 6.07) is 8.14. The average molecular weight is 431 g/mol. The Kier molecular flexibility index (Phi) is 6.99. The summed E-state index contributed by atoms with van der Waals surface area (Å²) in [6.07, 6.45) is 1.56. The number of anilines is 1. The van der Waals surface area contributed by atoms with Gasteiger partial charge in [0.05, 0.1) is 9.20 Å². The summed E-state index contributed by atoms with van der Waals surface area (Å²) in [7, 11) is 0. The van der Waals surface area contributed by atoms with Gasteiger partial charge in [0.1, 0.15) is 5.60 Å². The second kappa shape index (κ2) is 9.49. The van der Waals surface area contributed by atoms with Crippen LogP contribution in [-0.2, 0) is 4.74 Å². The van der Waals surface area contributed by atoms with Crippen LogP contribution in [0.15, 0.2) is 29.1 Å². The Balaban J connectivity index is 1.57. The van der Waals surface area contributed by atoms with Gasteiger partial charge in [-0.3, -0.25) is 9.69 Å². The summed E-state index contributed by atoms with van der Waals surface area (Å²) in [6.45, 7) is 14.3. The molecule has 2 aromatic rings. The van der Waals surface area contributed by atoms with E-state index in [1.807, 2.05) is 45.0 Å². The minimum atomic E-state index is -0.483. The molecule has 1 amide bonds. The number of carbonyl (C=O) groups is 1. The summed E-state index contributed by atoms with van der Waals surface area (Å²) in [5.41, 5.74) is 1.58. The first-order chi connectivity index (χ1) is 14.2. The summed E-state index contributed by atoms with van der Waals surface area (Å²) >= 11 is 1.37. The van der Waals surface area contributed by atoms with Crippen LogP contribution in [0.3, 0.4) is 0 Å². The molecular formula is C22H30N4O3S. The van der Waals surface area contributed by atoms with Crippen molar-refractivity contribution in [3.63, 3.8) is 0 Å². The minimum Gasteiger partial charge on any atom is -0.444 e. The predicted octanol–water partition coefficient (Wildman–Crippen LogP) is 1.32. The molecule has 1 saturated heterocycles. The number of hydrogen-bond acceptors (Lipinski definition) is 6. The van der Waals surface area contributed by atoms with Crippen LogP contribution in [0.1, 0.15) is 26.3 Å². The molecule has 30 heavy (non-hydrogen) atoms. The topological polar surface area (TPSA) is 77.7 Å². The molecule has 1 aromatic carbocycles. The third-order valence-electron chi connectivity index (χ3n) is 4.74.